The molecule has 0 amide bonds. The van der Waals surface area contributed by atoms with Crippen LogP contribution in [0.3, 0.4) is 0 Å². The molecule has 144 valence electrons. The first-order valence-corrected chi connectivity index (χ1v) is 9.81. The molecule has 2 rings (SSSR count). The quantitative estimate of drug-likeness (QED) is 0.198. The molecule has 4 nitrogen and oxygen atoms in total. The van der Waals surface area contributed by atoms with E-state index in [9.17, 15) is 4.79 Å². The number of carbonyl (C=O) groups excluding carboxylic acids is 1. The van der Waals surface area contributed by atoms with Crippen LogP contribution in [0.2, 0.25) is 0 Å². The van der Waals surface area contributed by atoms with Gasteiger partial charge in [0.05, 0.1) is 23.2 Å². The predicted octanol–water partition coefficient (Wildman–Crippen LogP) is 6.05. The average molecular weight is 433 g/mol. The number of hydrogen-bond donors (Lipinski definition) is 0. The number of ether oxygens (including phenoxy) is 3. The molecular weight excluding hydrogens is 408 g/mol. The SMILES string of the molecule is C=CCCOc1ccc(C(=O)Oc2ccc(OC[C@@H](C)CC)cc2)cc1Br. The number of benzene rings is 2. The van der Waals surface area contributed by atoms with Crippen LogP contribution in [0, 0.1) is 5.92 Å². The Hall–Kier alpha value is -2.27. The van der Waals surface area contributed by atoms with Gasteiger partial charge in [-0.25, -0.2) is 4.79 Å². The minimum Gasteiger partial charge on any atom is -0.493 e. The van der Waals surface area contributed by atoms with E-state index < -0.39 is 5.97 Å². The highest BCUT2D eigenvalue weighted by Gasteiger charge is 2.12. The van der Waals surface area contributed by atoms with Gasteiger partial charge in [-0.15, -0.1) is 6.58 Å². The van der Waals surface area contributed by atoms with Gasteiger partial charge in [-0.2, -0.15) is 0 Å². The first kappa shape index (κ1) is 21.0. The number of halogens is 1. The number of rotatable bonds is 10. The highest BCUT2D eigenvalue weighted by atomic mass is 79.9. The van der Waals surface area contributed by atoms with E-state index in [1.807, 2.05) is 0 Å². The molecule has 0 spiro atoms. The normalized spacial score (nSPS) is 11.5. The first-order valence-electron chi connectivity index (χ1n) is 9.01. The minimum atomic E-state index is -0.429. The fraction of sp³-hybridized carbons (Fsp3) is 0.318. The van der Waals surface area contributed by atoms with Crippen LogP contribution in [0.1, 0.15) is 37.0 Å². The van der Waals surface area contributed by atoms with Gasteiger partial charge in [0.15, 0.2) is 0 Å². The highest BCUT2D eigenvalue weighted by molar-refractivity contribution is 9.10. The van der Waals surface area contributed by atoms with E-state index in [2.05, 4.69) is 36.4 Å². The van der Waals surface area contributed by atoms with Gasteiger partial charge in [0, 0.05) is 0 Å². The van der Waals surface area contributed by atoms with Crippen LogP contribution in [0.4, 0.5) is 0 Å². The summed E-state index contributed by atoms with van der Waals surface area (Å²) in [5, 5.41) is 0. The molecule has 2 aromatic carbocycles. The van der Waals surface area contributed by atoms with Crippen LogP contribution in [0.5, 0.6) is 17.2 Å². The molecule has 0 bridgehead atoms. The van der Waals surface area contributed by atoms with Gasteiger partial charge in [0.1, 0.15) is 17.2 Å². The van der Waals surface area contributed by atoms with Crippen molar-refractivity contribution >= 4 is 21.9 Å². The fourth-order valence-electron chi connectivity index (χ4n) is 2.12. The Balaban J connectivity index is 1.94. The Bertz CT molecular complexity index is 755. The summed E-state index contributed by atoms with van der Waals surface area (Å²) in [6, 6.07) is 12.2. The molecule has 2 aromatic rings. The monoisotopic (exact) mass is 432 g/mol. The van der Waals surface area contributed by atoms with E-state index in [4.69, 9.17) is 14.2 Å². The molecular formula is C22H25BrO4. The van der Waals surface area contributed by atoms with Gasteiger partial charge >= 0.3 is 5.97 Å². The molecule has 0 aliphatic carbocycles. The van der Waals surface area contributed by atoms with Crippen molar-refractivity contribution in [1.82, 2.24) is 0 Å². The maximum Gasteiger partial charge on any atom is 0.343 e. The summed E-state index contributed by atoms with van der Waals surface area (Å²) in [5.41, 5.74) is 0.440. The zero-order chi connectivity index (χ0) is 19.6. The number of hydrogen-bond acceptors (Lipinski definition) is 4. The third-order valence-corrected chi connectivity index (χ3v) is 4.63. The molecule has 0 N–H and O–H groups in total. The Morgan fingerprint density at radius 3 is 2.48 bits per heavy atom. The van der Waals surface area contributed by atoms with E-state index in [1.54, 1.807) is 48.5 Å². The largest absolute Gasteiger partial charge is 0.493 e. The second-order valence-corrected chi connectivity index (χ2v) is 7.11. The van der Waals surface area contributed by atoms with Crippen molar-refractivity contribution in [3.8, 4) is 17.2 Å². The number of esters is 1. The van der Waals surface area contributed by atoms with Crippen molar-refractivity contribution in [2.45, 2.75) is 26.7 Å². The Morgan fingerprint density at radius 2 is 1.85 bits per heavy atom. The standard InChI is InChI=1S/C22H25BrO4/c1-4-6-13-25-21-12-7-17(14-20(21)23)22(24)27-19-10-8-18(9-11-19)26-15-16(3)5-2/h4,7-12,14,16H,1,5-6,13,15H2,2-3H3/t16-/m0/s1. The maximum atomic E-state index is 12.3. The molecule has 0 aromatic heterocycles. The average Bonchev–Trinajstić information content (AvgIpc) is 2.68. The van der Waals surface area contributed by atoms with Crippen molar-refractivity contribution in [3.63, 3.8) is 0 Å². The summed E-state index contributed by atoms with van der Waals surface area (Å²) in [6.45, 7) is 9.15. The summed E-state index contributed by atoms with van der Waals surface area (Å²) in [4.78, 5) is 12.3. The van der Waals surface area contributed by atoms with Crippen LogP contribution < -0.4 is 14.2 Å². The third kappa shape index (κ3) is 6.75. The molecule has 0 fully saturated rings. The summed E-state index contributed by atoms with van der Waals surface area (Å²) < 4.78 is 17.4. The summed E-state index contributed by atoms with van der Waals surface area (Å²) in [5.74, 6) is 1.99. The molecule has 0 saturated heterocycles. The minimum absolute atomic E-state index is 0.429. The fourth-order valence-corrected chi connectivity index (χ4v) is 2.62. The van der Waals surface area contributed by atoms with Crippen LogP contribution >= 0.6 is 15.9 Å². The van der Waals surface area contributed by atoms with Gasteiger partial charge in [-0.1, -0.05) is 26.3 Å². The van der Waals surface area contributed by atoms with E-state index in [0.717, 1.165) is 18.6 Å². The van der Waals surface area contributed by atoms with E-state index >= 15 is 0 Å². The van der Waals surface area contributed by atoms with Crippen molar-refractivity contribution in [2.75, 3.05) is 13.2 Å². The molecule has 0 radical (unpaired) electrons. The lowest BCUT2D eigenvalue weighted by Crippen LogP contribution is -2.09. The Labute approximate surface area is 169 Å². The lowest BCUT2D eigenvalue weighted by atomic mass is 10.1. The summed E-state index contributed by atoms with van der Waals surface area (Å²) in [6.07, 6.45) is 3.62. The molecule has 27 heavy (non-hydrogen) atoms. The zero-order valence-corrected chi connectivity index (χ0v) is 17.3. The van der Waals surface area contributed by atoms with Crippen molar-refractivity contribution in [1.29, 1.82) is 0 Å². The molecule has 0 unspecified atom stereocenters. The van der Waals surface area contributed by atoms with Gasteiger partial charge < -0.3 is 14.2 Å². The molecule has 0 saturated carbocycles. The van der Waals surface area contributed by atoms with Crippen molar-refractivity contribution < 1.29 is 19.0 Å². The van der Waals surface area contributed by atoms with Gasteiger partial charge in [0.2, 0.25) is 0 Å². The predicted molar refractivity (Wildman–Crippen MR) is 111 cm³/mol. The molecule has 0 heterocycles. The smallest absolute Gasteiger partial charge is 0.343 e. The second kappa shape index (κ2) is 10.8. The summed E-state index contributed by atoms with van der Waals surface area (Å²) >= 11 is 3.42. The lowest BCUT2D eigenvalue weighted by molar-refractivity contribution is 0.0734. The van der Waals surface area contributed by atoms with E-state index in [1.165, 1.54) is 0 Å². The molecule has 0 aliphatic heterocycles. The van der Waals surface area contributed by atoms with Crippen LogP contribution in [-0.4, -0.2) is 19.2 Å². The third-order valence-electron chi connectivity index (χ3n) is 4.01. The van der Waals surface area contributed by atoms with Crippen LogP contribution in [0.15, 0.2) is 59.6 Å². The lowest BCUT2D eigenvalue weighted by Gasteiger charge is -2.11. The van der Waals surface area contributed by atoms with E-state index in [0.29, 0.717) is 40.7 Å². The highest BCUT2D eigenvalue weighted by Crippen LogP contribution is 2.27. The Morgan fingerprint density at radius 1 is 1.15 bits per heavy atom. The van der Waals surface area contributed by atoms with E-state index in [-0.39, 0.29) is 0 Å². The second-order valence-electron chi connectivity index (χ2n) is 6.26. The number of carbonyl (C=O) groups is 1. The Kier molecular flexibility index (Phi) is 8.40. The first-order chi connectivity index (χ1) is 13.0. The van der Waals surface area contributed by atoms with Crippen molar-refractivity contribution in [2.24, 2.45) is 5.92 Å². The van der Waals surface area contributed by atoms with Gasteiger partial charge in [-0.05, 0) is 70.7 Å². The molecule has 1 atom stereocenters. The van der Waals surface area contributed by atoms with Gasteiger partial charge in [0.25, 0.3) is 0 Å². The molecule has 5 heteroatoms. The van der Waals surface area contributed by atoms with Crippen LogP contribution in [-0.2, 0) is 0 Å². The molecule has 0 aliphatic rings. The maximum absolute atomic E-state index is 12.3. The zero-order valence-electron chi connectivity index (χ0n) is 15.7. The van der Waals surface area contributed by atoms with Crippen molar-refractivity contribution in [3.05, 3.63) is 65.2 Å². The summed E-state index contributed by atoms with van der Waals surface area (Å²) in [7, 11) is 0. The van der Waals surface area contributed by atoms with Gasteiger partial charge in [-0.3, -0.25) is 0 Å². The topological polar surface area (TPSA) is 44.8 Å². The van der Waals surface area contributed by atoms with Crippen LogP contribution in [0.25, 0.3) is 0 Å².